The Bertz CT molecular complexity index is 1300. The Labute approximate surface area is 196 Å². The number of thiazole rings is 1. The molecule has 4 rings (SSSR count). The van der Waals surface area contributed by atoms with E-state index < -0.39 is 5.54 Å². The van der Waals surface area contributed by atoms with Crippen LogP contribution < -0.4 is 10.6 Å². The first-order valence-corrected chi connectivity index (χ1v) is 11.4. The molecule has 2 N–H and O–H groups in total. The van der Waals surface area contributed by atoms with E-state index in [0.29, 0.717) is 21.0 Å². The maximum Gasteiger partial charge on any atom is 0.273 e. The smallest absolute Gasteiger partial charge is 0.273 e. The number of aryl methyl sites for hydroxylation is 1. The van der Waals surface area contributed by atoms with Gasteiger partial charge in [-0.15, -0.1) is 0 Å². The van der Waals surface area contributed by atoms with Gasteiger partial charge in [-0.25, -0.2) is 4.68 Å². The second-order valence-electron chi connectivity index (χ2n) is 8.90. The van der Waals surface area contributed by atoms with Gasteiger partial charge in [0.2, 0.25) is 0 Å². The highest BCUT2D eigenvalue weighted by molar-refractivity contribution is 7.22. The molecular formula is C24H26N6O2S. The molecule has 0 saturated carbocycles. The van der Waals surface area contributed by atoms with Crippen molar-refractivity contribution in [1.82, 2.24) is 25.1 Å². The first kappa shape index (κ1) is 22.6. The maximum atomic E-state index is 13.2. The topological polar surface area (TPSA) is 102 Å². The molecule has 3 heterocycles. The number of carbonyl (C=O) groups is 2. The van der Waals surface area contributed by atoms with Crippen molar-refractivity contribution < 1.29 is 9.59 Å². The number of carbonyl (C=O) groups excluding carboxylic acids is 2. The number of nitrogens with one attached hydrogen (secondary N) is 2. The first-order valence-electron chi connectivity index (χ1n) is 10.6. The zero-order valence-electron chi connectivity index (χ0n) is 19.2. The van der Waals surface area contributed by atoms with Crippen molar-refractivity contribution in [2.45, 2.75) is 46.2 Å². The number of aromatic nitrogens is 4. The van der Waals surface area contributed by atoms with E-state index in [4.69, 9.17) is 0 Å². The molecule has 0 saturated heterocycles. The summed E-state index contributed by atoms with van der Waals surface area (Å²) in [6.45, 7) is 9.85. The summed E-state index contributed by atoms with van der Waals surface area (Å²) in [7, 11) is 0. The molecule has 0 aliphatic carbocycles. The van der Waals surface area contributed by atoms with Crippen LogP contribution in [0.1, 0.15) is 65.7 Å². The van der Waals surface area contributed by atoms with E-state index in [1.807, 2.05) is 58.9 Å². The van der Waals surface area contributed by atoms with Crippen LogP contribution in [0.2, 0.25) is 0 Å². The lowest BCUT2D eigenvalue weighted by Gasteiger charge is -2.19. The average molecular weight is 463 g/mol. The molecule has 0 radical (unpaired) electrons. The van der Waals surface area contributed by atoms with E-state index >= 15 is 0 Å². The Kier molecular flexibility index (Phi) is 5.99. The number of hydrogen-bond acceptors (Lipinski definition) is 6. The van der Waals surface area contributed by atoms with Gasteiger partial charge in [-0.2, -0.15) is 10.1 Å². The summed E-state index contributed by atoms with van der Waals surface area (Å²) in [4.78, 5) is 34.5. The normalized spacial score (nSPS) is 12.5. The van der Waals surface area contributed by atoms with E-state index in [1.165, 1.54) is 11.3 Å². The number of nitrogens with zero attached hydrogens (tertiary/aromatic N) is 4. The molecule has 0 aliphatic heterocycles. The molecule has 8 nitrogen and oxygen atoms in total. The van der Waals surface area contributed by atoms with Gasteiger partial charge in [0.05, 0.1) is 11.6 Å². The summed E-state index contributed by atoms with van der Waals surface area (Å²) in [6.07, 6.45) is 3.38. The van der Waals surface area contributed by atoms with Crippen molar-refractivity contribution in [1.29, 1.82) is 0 Å². The van der Waals surface area contributed by atoms with Gasteiger partial charge >= 0.3 is 0 Å². The lowest BCUT2D eigenvalue weighted by atomic mass is 10.1. The number of pyridine rings is 1. The molecule has 0 unspecified atom stereocenters. The molecule has 9 heteroatoms. The van der Waals surface area contributed by atoms with Crippen LogP contribution in [0.5, 0.6) is 0 Å². The number of anilines is 1. The molecule has 4 aromatic rings. The molecule has 0 aliphatic rings. The molecular weight excluding hydrogens is 436 g/mol. The van der Waals surface area contributed by atoms with Crippen LogP contribution in [-0.2, 0) is 5.54 Å². The lowest BCUT2D eigenvalue weighted by Crippen LogP contribution is -2.28. The van der Waals surface area contributed by atoms with Gasteiger partial charge < -0.3 is 5.32 Å². The van der Waals surface area contributed by atoms with E-state index in [-0.39, 0.29) is 23.6 Å². The zero-order valence-corrected chi connectivity index (χ0v) is 20.0. The zero-order chi connectivity index (χ0) is 23.8. The van der Waals surface area contributed by atoms with Crippen LogP contribution in [0, 0.1) is 6.92 Å². The second kappa shape index (κ2) is 8.74. The minimum Gasteiger partial charge on any atom is -0.344 e. The summed E-state index contributed by atoms with van der Waals surface area (Å²) in [5.41, 5.74) is 3.01. The van der Waals surface area contributed by atoms with Gasteiger partial charge in [0.15, 0.2) is 16.5 Å². The standard InChI is InChI=1S/C24H26N6O2S/c1-14-6-8-17(9-7-14)21(31)28-23-27-20-19(33-23)18(29-30(20)24(3,4)5)22(32)26-15(2)16-10-12-25-13-11-16/h6-13,15H,1-5H3,(H,26,32)(H,27,28,31)/t15-/m1/s1. The van der Waals surface area contributed by atoms with Gasteiger partial charge in [0, 0.05) is 18.0 Å². The van der Waals surface area contributed by atoms with E-state index in [0.717, 1.165) is 11.1 Å². The van der Waals surface area contributed by atoms with Crippen LogP contribution in [0.15, 0.2) is 48.8 Å². The van der Waals surface area contributed by atoms with Gasteiger partial charge in [-0.05, 0) is 64.4 Å². The summed E-state index contributed by atoms with van der Waals surface area (Å²) in [6, 6.07) is 10.8. The average Bonchev–Trinajstić information content (AvgIpc) is 3.32. The molecule has 0 fully saturated rings. The van der Waals surface area contributed by atoms with Crippen molar-refractivity contribution in [2.24, 2.45) is 0 Å². The van der Waals surface area contributed by atoms with Crippen molar-refractivity contribution in [2.75, 3.05) is 5.32 Å². The summed E-state index contributed by atoms with van der Waals surface area (Å²) in [5.74, 6) is -0.550. The van der Waals surface area contributed by atoms with Crippen molar-refractivity contribution in [3.8, 4) is 0 Å². The van der Waals surface area contributed by atoms with Crippen LogP contribution in [-0.4, -0.2) is 31.6 Å². The Hall–Kier alpha value is -3.59. The van der Waals surface area contributed by atoms with Crippen LogP contribution in [0.3, 0.4) is 0 Å². The monoisotopic (exact) mass is 462 g/mol. The van der Waals surface area contributed by atoms with E-state index in [9.17, 15) is 9.59 Å². The summed E-state index contributed by atoms with van der Waals surface area (Å²) in [5, 5.41) is 10.9. The van der Waals surface area contributed by atoms with Gasteiger partial charge in [0.25, 0.3) is 11.8 Å². The number of amides is 2. The predicted octanol–water partition coefficient (Wildman–Crippen LogP) is 4.69. The molecule has 1 aromatic carbocycles. The van der Waals surface area contributed by atoms with Crippen molar-refractivity contribution in [3.63, 3.8) is 0 Å². The quantitative estimate of drug-likeness (QED) is 0.448. The minimum absolute atomic E-state index is 0.219. The Morgan fingerprint density at radius 3 is 2.33 bits per heavy atom. The lowest BCUT2D eigenvalue weighted by molar-refractivity contribution is 0.0934. The van der Waals surface area contributed by atoms with Gasteiger partial charge in [0.1, 0.15) is 4.70 Å². The maximum absolute atomic E-state index is 13.2. The molecule has 3 aromatic heterocycles. The highest BCUT2D eigenvalue weighted by atomic mass is 32.1. The van der Waals surface area contributed by atoms with Crippen LogP contribution >= 0.6 is 11.3 Å². The third-order valence-electron chi connectivity index (χ3n) is 5.16. The van der Waals surface area contributed by atoms with E-state index in [2.05, 4.69) is 25.7 Å². The highest BCUT2D eigenvalue weighted by Gasteiger charge is 2.28. The Morgan fingerprint density at radius 2 is 1.70 bits per heavy atom. The Morgan fingerprint density at radius 1 is 1.03 bits per heavy atom. The fourth-order valence-corrected chi connectivity index (χ4v) is 4.27. The van der Waals surface area contributed by atoms with Crippen molar-refractivity contribution >= 4 is 38.6 Å². The molecule has 2 amide bonds. The highest BCUT2D eigenvalue weighted by Crippen LogP contribution is 2.32. The predicted molar refractivity (Wildman–Crippen MR) is 130 cm³/mol. The fourth-order valence-electron chi connectivity index (χ4n) is 3.35. The van der Waals surface area contributed by atoms with Crippen LogP contribution in [0.4, 0.5) is 5.13 Å². The minimum atomic E-state index is -0.403. The molecule has 170 valence electrons. The van der Waals surface area contributed by atoms with Gasteiger partial charge in [-0.1, -0.05) is 29.0 Å². The molecule has 0 spiro atoms. The summed E-state index contributed by atoms with van der Waals surface area (Å²) < 4.78 is 2.36. The number of fused-ring (bicyclic) bond motifs is 1. The third-order valence-corrected chi connectivity index (χ3v) is 6.13. The fraction of sp³-hybridized carbons (Fsp3) is 0.292. The van der Waals surface area contributed by atoms with Gasteiger partial charge in [-0.3, -0.25) is 19.9 Å². The Balaban J connectivity index is 1.65. The van der Waals surface area contributed by atoms with E-state index in [1.54, 1.807) is 29.2 Å². The number of hydrogen-bond donors (Lipinski definition) is 2. The van der Waals surface area contributed by atoms with Crippen molar-refractivity contribution in [3.05, 3.63) is 71.2 Å². The summed E-state index contributed by atoms with van der Waals surface area (Å²) >= 11 is 1.24. The van der Waals surface area contributed by atoms with Crippen LogP contribution in [0.25, 0.3) is 10.3 Å². The second-order valence-corrected chi connectivity index (χ2v) is 9.90. The number of rotatable bonds is 5. The SMILES string of the molecule is Cc1ccc(C(=O)Nc2nc3c(s2)c(C(=O)N[C@H](C)c2ccncc2)nn3C(C)(C)C)cc1. The first-order chi connectivity index (χ1) is 15.6. The molecule has 0 bridgehead atoms. The molecule has 33 heavy (non-hydrogen) atoms. The number of benzene rings is 1. The molecule has 1 atom stereocenters. The third kappa shape index (κ3) is 4.78. The largest absolute Gasteiger partial charge is 0.344 e.